The number of nitrogen functional groups attached to an aromatic ring is 1. The zero-order valence-electron chi connectivity index (χ0n) is 10.1. The van der Waals surface area contributed by atoms with Crippen molar-refractivity contribution in [3.63, 3.8) is 0 Å². The van der Waals surface area contributed by atoms with E-state index in [1.165, 1.54) is 16.8 Å². The highest BCUT2D eigenvalue weighted by Crippen LogP contribution is 2.31. The number of hydrogen-bond donors (Lipinski definition) is 1. The molecule has 2 aromatic rings. The first-order chi connectivity index (χ1) is 8.86. The standard InChI is InChI=1S/C12H12F3N3O/c1-18-11(16)6-9(17-18)7-19-10-4-2-3-8(5-10)12(13,14)15/h2-6H,7,16H2,1H3. The molecule has 0 amide bonds. The third-order valence-electron chi connectivity index (χ3n) is 2.51. The molecule has 2 rings (SSSR count). The summed E-state index contributed by atoms with van der Waals surface area (Å²) >= 11 is 0. The van der Waals surface area contributed by atoms with Gasteiger partial charge in [-0.1, -0.05) is 6.07 Å². The van der Waals surface area contributed by atoms with Crippen molar-refractivity contribution >= 4 is 5.82 Å². The molecule has 0 bridgehead atoms. The van der Waals surface area contributed by atoms with Gasteiger partial charge in [-0.3, -0.25) is 4.68 Å². The lowest BCUT2D eigenvalue weighted by atomic mass is 10.2. The highest BCUT2D eigenvalue weighted by molar-refractivity contribution is 5.32. The second-order valence-electron chi connectivity index (χ2n) is 4.00. The summed E-state index contributed by atoms with van der Waals surface area (Å²) in [5.74, 6) is 0.599. The summed E-state index contributed by atoms with van der Waals surface area (Å²) < 4.78 is 44.2. The molecule has 102 valence electrons. The van der Waals surface area contributed by atoms with E-state index in [4.69, 9.17) is 10.5 Å². The van der Waals surface area contributed by atoms with Gasteiger partial charge >= 0.3 is 6.18 Å². The Balaban J connectivity index is 2.07. The van der Waals surface area contributed by atoms with Crippen molar-refractivity contribution in [3.05, 3.63) is 41.6 Å². The Morgan fingerprint density at radius 3 is 2.63 bits per heavy atom. The summed E-state index contributed by atoms with van der Waals surface area (Å²) in [7, 11) is 1.67. The number of ether oxygens (including phenoxy) is 1. The number of rotatable bonds is 3. The molecular formula is C12H12F3N3O. The maximum absolute atomic E-state index is 12.5. The normalized spacial score (nSPS) is 11.6. The van der Waals surface area contributed by atoms with E-state index in [0.717, 1.165) is 12.1 Å². The minimum Gasteiger partial charge on any atom is -0.487 e. The molecule has 0 fully saturated rings. The van der Waals surface area contributed by atoms with E-state index in [-0.39, 0.29) is 12.4 Å². The Morgan fingerprint density at radius 2 is 2.05 bits per heavy atom. The van der Waals surface area contributed by atoms with E-state index in [9.17, 15) is 13.2 Å². The van der Waals surface area contributed by atoms with Crippen molar-refractivity contribution in [2.24, 2.45) is 7.05 Å². The van der Waals surface area contributed by atoms with E-state index in [0.29, 0.717) is 11.5 Å². The lowest BCUT2D eigenvalue weighted by Crippen LogP contribution is -2.05. The molecule has 0 aliphatic carbocycles. The van der Waals surface area contributed by atoms with Crippen LogP contribution >= 0.6 is 0 Å². The van der Waals surface area contributed by atoms with E-state index in [2.05, 4.69) is 5.10 Å². The smallest absolute Gasteiger partial charge is 0.416 e. The summed E-state index contributed by atoms with van der Waals surface area (Å²) in [6, 6.07) is 6.30. The average molecular weight is 271 g/mol. The number of alkyl halides is 3. The van der Waals surface area contributed by atoms with Crippen LogP contribution in [0.15, 0.2) is 30.3 Å². The SMILES string of the molecule is Cn1nc(COc2cccc(C(F)(F)F)c2)cc1N. The minimum atomic E-state index is -4.38. The number of anilines is 1. The molecule has 2 N–H and O–H groups in total. The minimum absolute atomic E-state index is 0.0619. The fourth-order valence-corrected chi connectivity index (χ4v) is 1.53. The Morgan fingerprint density at radius 1 is 1.32 bits per heavy atom. The van der Waals surface area contributed by atoms with Gasteiger partial charge < -0.3 is 10.5 Å². The van der Waals surface area contributed by atoms with Crippen molar-refractivity contribution in [1.29, 1.82) is 0 Å². The van der Waals surface area contributed by atoms with Gasteiger partial charge in [0.2, 0.25) is 0 Å². The lowest BCUT2D eigenvalue weighted by Gasteiger charge is -2.09. The molecule has 4 nitrogen and oxygen atoms in total. The number of aryl methyl sites for hydroxylation is 1. The maximum Gasteiger partial charge on any atom is 0.416 e. The zero-order chi connectivity index (χ0) is 14.0. The molecule has 0 aliphatic heterocycles. The Hall–Kier alpha value is -2.18. The van der Waals surface area contributed by atoms with Crippen LogP contribution in [0.2, 0.25) is 0 Å². The van der Waals surface area contributed by atoms with E-state index in [1.54, 1.807) is 13.1 Å². The second-order valence-corrected chi connectivity index (χ2v) is 4.00. The third kappa shape index (κ3) is 3.18. The van der Waals surface area contributed by atoms with Gasteiger partial charge in [0.1, 0.15) is 23.9 Å². The molecule has 1 aromatic heterocycles. The van der Waals surface area contributed by atoms with Crippen molar-refractivity contribution in [2.45, 2.75) is 12.8 Å². The van der Waals surface area contributed by atoms with E-state index in [1.807, 2.05) is 0 Å². The predicted octanol–water partition coefficient (Wildman–Crippen LogP) is 2.60. The van der Waals surface area contributed by atoms with Crippen LogP contribution in [-0.2, 0) is 19.8 Å². The van der Waals surface area contributed by atoms with Crippen LogP contribution in [0.25, 0.3) is 0 Å². The van der Waals surface area contributed by atoms with Crippen LogP contribution in [0, 0.1) is 0 Å². The molecular weight excluding hydrogens is 259 g/mol. The summed E-state index contributed by atoms with van der Waals surface area (Å²) in [5, 5.41) is 4.04. The number of nitrogens with two attached hydrogens (primary N) is 1. The first kappa shape index (κ1) is 13.3. The highest BCUT2D eigenvalue weighted by Gasteiger charge is 2.30. The van der Waals surface area contributed by atoms with Gasteiger partial charge in [-0.25, -0.2) is 0 Å². The van der Waals surface area contributed by atoms with Crippen LogP contribution in [0.3, 0.4) is 0 Å². The van der Waals surface area contributed by atoms with Crippen LogP contribution in [0.4, 0.5) is 19.0 Å². The van der Waals surface area contributed by atoms with Gasteiger partial charge in [0.15, 0.2) is 0 Å². The fraction of sp³-hybridized carbons (Fsp3) is 0.250. The van der Waals surface area contributed by atoms with Gasteiger partial charge in [0, 0.05) is 13.1 Å². The quantitative estimate of drug-likeness (QED) is 0.933. The van der Waals surface area contributed by atoms with Gasteiger partial charge in [0.05, 0.1) is 5.56 Å². The van der Waals surface area contributed by atoms with Crippen molar-refractivity contribution < 1.29 is 17.9 Å². The Bertz CT molecular complexity index is 558. The van der Waals surface area contributed by atoms with Crippen LogP contribution < -0.4 is 10.5 Å². The average Bonchev–Trinajstić information content (AvgIpc) is 2.66. The number of aromatic nitrogens is 2. The van der Waals surface area contributed by atoms with Crippen LogP contribution in [0.1, 0.15) is 11.3 Å². The Labute approximate surface area is 107 Å². The van der Waals surface area contributed by atoms with Crippen molar-refractivity contribution in [3.8, 4) is 5.75 Å². The van der Waals surface area contributed by atoms with E-state index >= 15 is 0 Å². The first-order valence-electron chi connectivity index (χ1n) is 5.45. The molecule has 0 unspecified atom stereocenters. The van der Waals surface area contributed by atoms with Gasteiger partial charge in [-0.15, -0.1) is 0 Å². The summed E-state index contributed by atoms with van der Waals surface area (Å²) in [6.07, 6.45) is -4.38. The maximum atomic E-state index is 12.5. The van der Waals surface area contributed by atoms with Crippen LogP contribution in [-0.4, -0.2) is 9.78 Å². The molecule has 0 saturated heterocycles. The van der Waals surface area contributed by atoms with Crippen LogP contribution in [0.5, 0.6) is 5.75 Å². The van der Waals surface area contributed by atoms with Gasteiger partial charge in [-0.2, -0.15) is 18.3 Å². The molecule has 1 aromatic carbocycles. The predicted molar refractivity (Wildman–Crippen MR) is 63.4 cm³/mol. The van der Waals surface area contributed by atoms with Gasteiger partial charge in [0.25, 0.3) is 0 Å². The number of benzene rings is 1. The summed E-state index contributed by atoms with van der Waals surface area (Å²) in [6.45, 7) is 0.0619. The largest absolute Gasteiger partial charge is 0.487 e. The molecule has 0 aliphatic rings. The fourth-order valence-electron chi connectivity index (χ4n) is 1.53. The zero-order valence-corrected chi connectivity index (χ0v) is 10.1. The third-order valence-corrected chi connectivity index (χ3v) is 2.51. The summed E-state index contributed by atoms with van der Waals surface area (Å²) in [4.78, 5) is 0. The molecule has 0 spiro atoms. The molecule has 0 atom stereocenters. The topological polar surface area (TPSA) is 53.1 Å². The summed E-state index contributed by atoms with van der Waals surface area (Å²) in [5.41, 5.74) is 5.40. The van der Waals surface area contributed by atoms with E-state index < -0.39 is 11.7 Å². The highest BCUT2D eigenvalue weighted by atomic mass is 19.4. The number of hydrogen-bond acceptors (Lipinski definition) is 3. The molecule has 1 heterocycles. The monoisotopic (exact) mass is 271 g/mol. The lowest BCUT2D eigenvalue weighted by molar-refractivity contribution is -0.137. The molecule has 0 saturated carbocycles. The molecule has 0 radical (unpaired) electrons. The van der Waals surface area contributed by atoms with Crippen molar-refractivity contribution in [2.75, 3.05) is 5.73 Å². The first-order valence-corrected chi connectivity index (χ1v) is 5.45. The molecule has 7 heteroatoms. The Kier molecular flexibility index (Phi) is 3.37. The van der Waals surface area contributed by atoms with Crippen molar-refractivity contribution in [1.82, 2.24) is 9.78 Å². The molecule has 19 heavy (non-hydrogen) atoms. The number of nitrogens with zero attached hydrogens (tertiary/aromatic N) is 2. The number of halogens is 3. The second kappa shape index (κ2) is 4.83. The van der Waals surface area contributed by atoms with Gasteiger partial charge in [-0.05, 0) is 18.2 Å².